The van der Waals surface area contributed by atoms with Gasteiger partial charge in [0.05, 0.1) is 11.7 Å². The number of hydrogen-bond acceptors (Lipinski definition) is 6. The van der Waals surface area contributed by atoms with Crippen LogP contribution in [0.1, 0.15) is 17.5 Å². The van der Waals surface area contributed by atoms with Crippen LogP contribution in [0.2, 0.25) is 0 Å². The highest BCUT2D eigenvalue weighted by Crippen LogP contribution is 2.20. The lowest BCUT2D eigenvalue weighted by atomic mass is 10.1. The van der Waals surface area contributed by atoms with Crippen molar-refractivity contribution in [3.8, 4) is 0 Å². The summed E-state index contributed by atoms with van der Waals surface area (Å²) in [6, 6.07) is 24.6. The van der Waals surface area contributed by atoms with E-state index in [4.69, 9.17) is 0 Å². The Kier molecular flexibility index (Phi) is 7.43. The molecule has 1 N–H and O–H groups in total. The molecule has 0 aliphatic carbocycles. The van der Waals surface area contributed by atoms with Crippen LogP contribution in [0.15, 0.2) is 83.8 Å². The molecule has 0 saturated carbocycles. The predicted octanol–water partition coefficient (Wildman–Crippen LogP) is 3.63. The molecule has 0 unspecified atom stereocenters. The molecular formula is C24H24N4O3S2. The molecule has 4 rings (SSSR count). The highest BCUT2D eigenvalue weighted by molar-refractivity contribution is 7.89. The first-order chi connectivity index (χ1) is 16.0. The van der Waals surface area contributed by atoms with E-state index in [1.54, 1.807) is 17.0 Å². The van der Waals surface area contributed by atoms with Gasteiger partial charge in [0.15, 0.2) is 0 Å². The van der Waals surface area contributed by atoms with Crippen LogP contribution in [0.4, 0.5) is 0 Å². The molecule has 0 fully saturated rings. The molecule has 0 radical (unpaired) electrons. The average Bonchev–Trinajstić information content (AvgIpc) is 3.32. The molecule has 7 nitrogen and oxygen atoms in total. The van der Waals surface area contributed by atoms with Gasteiger partial charge in [-0.05, 0) is 29.7 Å². The number of fused-ring (bicyclic) bond motifs is 1. The standard InChI is InChI=1S/C24H24N4O3S2/c29-23(14-16-25-33(30,31)22-13-7-12-21-24(22)27-32-26-21)28(18-20-10-5-2-6-11-20)17-15-19-8-3-1-4-9-19/h1-13,25H,14-18H2. The molecule has 0 spiro atoms. The second kappa shape index (κ2) is 10.7. The smallest absolute Gasteiger partial charge is 0.242 e. The number of benzene rings is 3. The Morgan fingerprint density at radius 2 is 1.58 bits per heavy atom. The monoisotopic (exact) mass is 480 g/mol. The minimum absolute atomic E-state index is 0.00570. The number of aromatic nitrogens is 2. The van der Waals surface area contributed by atoms with Crippen molar-refractivity contribution >= 4 is 38.7 Å². The first kappa shape index (κ1) is 23.0. The fourth-order valence-corrected chi connectivity index (χ4v) is 5.33. The third-order valence-electron chi connectivity index (χ3n) is 5.25. The van der Waals surface area contributed by atoms with Gasteiger partial charge in [-0.3, -0.25) is 4.79 Å². The van der Waals surface area contributed by atoms with Crippen molar-refractivity contribution < 1.29 is 13.2 Å². The summed E-state index contributed by atoms with van der Waals surface area (Å²) < 4.78 is 36.3. The second-order valence-electron chi connectivity index (χ2n) is 7.57. The van der Waals surface area contributed by atoms with Crippen LogP contribution in [0.5, 0.6) is 0 Å². The third kappa shape index (κ3) is 6.01. The second-order valence-corrected chi connectivity index (χ2v) is 9.84. The van der Waals surface area contributed by atoms with Crippen LogP contribution in [-0.4, -0.2) is 41.1 Å². The van der Waals surface area contributed by atoms with E-state index >= 15 is 0 Å². The number of rotatable bonds is 10. The average molecular weight is 481 g/mol. The van der Waals surface area contributed by atoms with Gasteiger partial charge in [0.2, 0.25) is 15.9 Å². The summed E-state index contributed by atoms with van der Waals surface area (Å²) in [7, 11) is -3.81. The van der Waals surface area contributed by atoms with Gasteiger partial charge in [0.25, 0.3) is 0 Å². The molecule has 0 aliphatic heterocycles. The highest BCUT2D eigenvalue weighted by atomic mass is 32.2. The van der Waals surface area contributed by atoms with Gasteiger partial charge in [-0.15, -0.1) is 0 Å². The van der Waals surface area contributed by atoms with Gasteiger partial charge in [-0.1, -0.05) is 66.7 Å². The van der Waals surface area contributed by atoms with Crippen LogP contribution >= 0.6 is 11.7 Å². The van der Waals surface area contributed by atoms with Gasteiger partial charge < -0.3 is 4.90 Å². The van der Waals surface area contributed by atoms with E-state index in [-0.39, 0.29) is 23.8 Å². The Hall–Kier alpha value is -3.14. The molecule has 0 atom stereocenters. The predicted molar refractivity (Wildman–Crippen MR) is 129 cm³/mol. The molecule has 0 bridgehead atoms. The quantitative estimate of drug-likeness (QED) is 0.374. The lowest BCUT2D eigenvalue weighted by Gasteiger charge is -2.23. The maximum absolute atomic E-state index is 13.0. The minimum Gasteiger partial charge on any atom is -0.338 e. The summed E-state index contributed by atoms with van der Waals surface area (Å²) in [5.41, 5.74) is 3.06. The summed E-state index contributed by atoms with van der Waals surface area (Å²) in [5, 5.41) is 0. The number of nitrogens with one attached hydrogen (secondary N) is 1. The van der Waals surface area contributed by atoms with Gasteiger partial charge in [-0.25, -0.2) is 13.1 Å². The zero-order valence-corrected chi connectivity index (χ0v) is 19.6. The zero-order chi connectivity index (χ0) is 23.1. The Morgan fingerprint density at radius 1 is 0.879 bits per heavy atom. The van der Waals surface area contributed by atoms with Crippen LogP contribution in [0, 0.1) is 0 Å². The van der Waals surface area contributed by atoms with Crippen LogP contribution in [-0.2, 0) is 27.8 Å². The maximum Gasteiger partial charge on any atom is 0.242 e. The Labute approximate surface area is 197 Å². The Balaban J connectivity index is 1.40. The molecule has 1 heterocycles. The number of nitrogens with zero attached hydrogens (tertiary/aromatic N) is 3. The summed E-state index contributed by atoms with van der Waals surface area (Å²) >= 11 is 0.967. The van der Waals surface area contributed by atoms with Crippen LogP contribution < -0.4 is 4.72 Å². The van der Waals surface area contributed by atoms with Crippen molar-refractivity contribution in [2.75, 3.05) is 13.1 Å². The van der Waals surface area contributed by atoms with E-state index in [9.17, 15) is 13.2 Å². The van der Waals surface area contributed by atoms with Crippen molar-refractivity contribution in [2.45, 2.75) is 24.3 Å². The summed E-state index contributed by atoms with van der Waals surface area (Å²) in [5.74, 6) is -0.106. The molecule has 9 heteroatoms. The Morgan fingerprint density at radius 3 is 2.30 bits per heavy atom. The largest absolute Gasteiger partial charge is 0.338 e. The fraction of sp³-hybridized carbons (Fsp3) is 0.208. The Bertz CT molecular complexity index is 1310. The number of carbonyl (C=O) groups excluding carboxylic acids is 1. The van der Waals surface area contributed by atoms with Gasteiger partial charge in [-0.2, -0.15) is 8.75 Å². The molecule has 4 aromatic rings. The third-order valence-corrected chi connectivity index (χ3v) is 7.29. The minimum atomic E-state index is -3.81. The van der Waals surface area contributed by atoms with Crippen molar-refractivity contribution in [1.29, 1.82) is 0 Å². The lowest BCUT2D eigenvalue weighted by Crippen LogP contribution is -2.35. The molecule has 0 saturated heterocycles. The van der Waals surface area contributed by atoms with Crippen molar-refractivity contribution in [1.82, 2.24) is 18.4 Å². The lowest BCUT2D eigenvalue weighted by molar-refractivity contribution is -0.131. The molecule has 1 amide bonds. The van der Waals surface area contributed by atoms with Crippen molar-refractivity contribution in [3.63, 3.8) is 0 Å². The van der Waals surface area contributed by atoms with Gasteiger partial charge in [0, 0.05) is 26.1 Å². The SMILES string of the molecule is O=C(CCNS(=O)(=O)c1cccc2nsnc12)N(CCc1ccccc1)Cc1ccccc1. The zero-order valence-electron chi connectivity index (χ0n) is 17.9. The van der Waals surface area contributed by atoms with Gasteiger partial charge >= 0.3 is 0 Å². The van der Waals surface area contributed by atoms with E-state index < -0.39 is 10.0 Å². The summed E-state index contributed by atoms with van der Waals surface area (Å²) in [6.07, 6.45) is 0.788. The van der Waals surface area contributed by atoms with Crippen LogP contribution in [0.25, 0.3) is 11.0 Å². The molecule has 0 aliphatic rings. The van der Waals surface area contributed by atoms with E-state index in [0.717, 1.165) is 29.3 Å². The summed E-state index contributed by atoms with van der Waals surface area (Å²) in [6.45, 7) is 1.03. The van der Waals surface area contributed by atoms with E-state index in [1.165, 1.54) is 6.07 Å². The first-order valence-corrected chi connectivity index (χ1v) is 12.8. The normalized spacial score (nSPS) is 11.5. The van der Waals surface area contributed by atoms with Gasteiger partial charge in [0.1, 0.15) is 15.9 Å². The van der Waals surface area contributed by atoms with Crippen molar-refractivity contribution in [2.24, 2.45) is 0 Å². The molecule has 1 aromatic heterocycles. The number of hydrogen-bond donors (Lipinski definition) is 1. The number of amides is 1. The number of carbonyl (C=O) groups is 1. The van der Waals surface area contributed by atoms with Crippen molar-refractivity contribution in [3.05, 3.63) is 90.0 Å². The highest BCUT2D eigenvalue weighted by Gasteiger charge is 2.21. The maximum atomic E-state index is 13.0. The summed E-state index contributed by atoms with van der Waals surface area (Å²) in [4.78, 5) is 14.9. The molecule has 170 valence electrons. The fourth-order valence-electron chi connectivity index (χ4n) is 3.53. The van der Waals surface area contributed by atoms with E-state index in [0.29, 0.717) is 24.1 Å². The van der Waals surface area contributed by atoms with E-state index in [2.05, 4.69) is 13.5 Å². The topological polar surface area (TPSA) is 92.3 Å². The first-order valence-electron chi connectivity index (χ1n) is 10.6. The number of sulfonamides is 1. The van der Waals surface area contributed by atoms with Crippen LogP contribution in [0.3, 0.4) is 0 Å². The van der Waals surface area contributed by atoms with E-state index in [1.807, 2.05) is 60.7 Å². The molecule has 33 heavy (non-hydrogen) atoms. The molecule has 3 aromatic carbocycles. The molecular weight excluding hydrogens is 456 g/mol.